The van der Waals surface area contributed by atoms with Crippen molar-refractivity contribution >= 4 is 39.4 Å². The molecule has 0 spiro atoms. The van der Waals surface area contributed by atoms with E-state index in [1.807, 2.05) is 11.4 Å². The summed E-state index contributed by atoms with van der Waals surface area (Å²) in [6, 6.07) is 3.53. The number of hydrogen-bond acceptors (Lipinski definition) is 4. The molecule has 0 bridgehead atoms. The van der Waals surface area contributed by atoms with Crippen molar-refractivity contribution in [1.29, 1.82) is 0 Å². The molecule has 0 unspecified atom stereocenters. The van der Waals surface area contributed by atoms with Gasteiger partial charge in [0.1, 0.15) is 5.76 Å². The number of carbonyl (C=O) groups is 1. The maximum Gasteiger partial charge on any atom is 0.274 e. The van der Waals surface area contributed by atoms with Gasteiger partial charge in [0.2, 0.25) is 0 Å². The zero-order valence-corrected chi connectivity index (χ0v) is 11.3. The molecule has 2 heterocycles. The molecule has 1 amide bonds. The Balaban J connectivity index is 1.97. The van der Waals surface area contributed by atoms with Crippen LogP contribution in [0.2, 0.25) is 0 Å². The number of rotatable bonds is 3. The zero-order chi connectivity index (χ0) is 12.3. The first kappa shape index (κ1) is 12.1. The Morgan fingerprint density at radius 2 is 2.47 bits per heavy atom. The lowest BCUT2D eigenvalue weighted by Gasteiger charge is -1.96. The van der Waals surface area contributed by atoms with Crippen LogP contribution in [0.4, 0.5) is 0 Å². The number of nitrogens with zero attached hydrogens (tertiary/aromatic N) is 1. The van der Waals surface area contributed by atoms with Crippen LogP contribution in [0, 0.1) is 6.92 Å². The highest BCUT2D eigenvalue weighted by atomic mass is 79.9. The highest BCUT2D eigenvalue weighted by Gasteiger charge is 2.09. The van der Waals surface area contributed by atoms with Crippen molar-refractivity contribution in [2.75, 3.05) is 0 Å². The predicted octanol–water partition coefficient (Wildman–Crippen LogP) is 3.18. The quantitative estimate of drug-likeness (QED) is 0.699. The number of hydrogen-bond donors (Lipinski definition) is 1. The van der Waals surface area contributed by atoms with E-state index < -0.39 is 0 Å². The van der Waals surface area contributed by atoms with Crippen molar-refractivity contribution in [2.24, 2.45) is 5.10 Å². The monoisotopic (exact) mass is 312 g/mol. The molecule has 0 radical (unpaired) electrons. The summed E-state index contributed by atoms with van der Waals surface area (Å²) in [5.74, 6) is 0.305. The van der Waals surface area contributed by atoms with Gasteiger partial charge in [-0.3, -0.25) is 4.79 Å². The maximum absolute atomic E-state index is 11.6. The van der Waals surface area contributed by atoms with Gasteiger partial charge in [0.25, 0.3) is 5.91 Å². The Morgan fingerprint density at radius 1 is 1.65 bits per heavy atom. The second-order valence-electron chi connectivity index (χ2n) is 3.26. The van der Waals surface area contributed by atoms with Crippen molar-refractivity contribution in [3.05, 3.63) is 44.4 Å². The highest BCUT2D eigenvalue weighted by molar-refractivity contribution is 9.10. The third-order valence-corrected chi connectivity index (χ3v) is 3.68. The van der Waals surface area contributed by atoms with Crippen molar-refractivity contribution < 1.29 is 9.21 Å². The minimum atomic E-state index is -0.275. The summed E-state index contributed by atoms with van der Waals surface area (Å²) in [6.45, 7) is 1.73. The van der Waals surface area contributed by atoms with Gasteiger partial charge >= 0.3 is 0 Å². The molecule has 1 N–H and O–H groups in total. The van der Waals surface area contributed by atoms with Crippen LogP contribution in [0.1, 0.15) is 21.0 Å². The van der Waals surface area contributed by atoms with Crippen LogP contribution in [0.5, 0.6) is 0 Å². The molecule has 88 valence electrons. The fourth-order valence-corrected chi connectivity index (χ4v) is 2.54. The minimum Gasteiger partial charge on any atom is -0.469 e. The first-order valence-electron chi connectivity index (χ1n) is 4.78. The molecule has 4 nitrogen and oxygen atoms in total. The smallest absolute Gasteiger partial charge is 0.274 e. The first-order valence-corrected chi connectivity index (χ1v) is 6.45. The minimum absolute atomic E-state index is 0.275. The van der Waals surface area contributed by atoms with E-state index in [0.29, 0.717) is 11.3 Å². The molecule has 0 saturated carbocycles. The van der Waals surface area contributed by atoms with Gasteiger partial charge in [-0.1, -0.05) is 0 Å². The second-order valence-corrected chi connectivity index (χ2v) is 5.12. The van der Waals surface area contributed by atoms with Gasteiger partial charge in [-0.25, -0.2) is 5.43 Å². The van der Waals surface area contributed by atoms with Crippen molar-refractivity contribution in [1.82, 2.24) is 5.43 Å². The van der Waals surface area contributed by atoms with Gasteiger partial charge in [0.05, 0.1) is 18.0 Å². The fourth-order valence-electron chi connectivity index (χ4n) is 1.23. The fraction of sp³-hybridized carbons (Fsp3) is 0.0909. The maximum atomic E-state index is 11.6. The third-order valence-electron chi connectivity index (χ3n) is 2.05. The lowest BCUT2D eigenvalue weighted by Crippen LogP contribution is -2.17. The van der Waals surface area contributed by atoms with Gasteiger partial charge in [-0.05, 0) is 35.0 Å². The summed E-state index contributed by atoms with van der Waals surface area (Å²) in [6.07, 6.45) is 3.08. The van der Waals surface area contributed by atoms with Crippen LogP contribution < -0.4 is 5.43 Å². The van der Waals surface area contributed by atoms with E-state index in [1.54, 1.807) is 19.2 Å². The Morgan fingerprint density at radius 3 is 3.06 bits per heavy atom. The van der Waals surface area contributed by atoms with E-state index >= 15 is 0 Å². The molecule has 0 aromatic carbocycles. The normalized spacial score (nSPS) is 10.9. The molecule has 0 aliphatic carbocycles. The Hall–Kier alpha value is -1.40. The van der Waals surface area contributed by atoms with E-state index in [9.17, 15) is 4.79 Å². The van der Waals surface area contributed by atoms with E-state index in [2.05, 4.69) is 26.5 Å². The third kappa shape index (κ3) is 3.04. The lowest BCUT2D eigenvalue weighted by molar-refractivity contribution is 0.0953. The van der Waals surface area contributed by atoms with E-state index in [-0.39, 0.29) is 5.91 Å². The SMILES string of the molecule is Cc1occc1C(=O)NN=Cc1cc(Br)cs1. The van der Waals surface area contributed by atoms with Crippen LogP contribution in [-0.2, 0) is 0 Å². The molecule has 0 fully saturated rings. The van der Waals surface area contributed by atoms with Crippen molar-refractivity contribution in [3.8, 4) is 0 Å². The molecule has 0 aliphatic rings. The number of carbonyl (C=O) groups excluding carboxylic acids is 1. The molecule has 17 heavy (non-hydrogen) atoms. The average molecular weight is 313 g/mol. The Labute approximate surface area is 110 Å². The molecule has 0 saturated heterocycles. The molecule has 0 aliphatic heterocycles. The lowest BCUT2D eigenvalue weighted by atomic mass is 10.2. The van der Waals surface area contributed by atoms with Crippen LogP contribution in [0.25, 0.3) is 0 Å². The number of nitrogens with one attached hydrogen (secondary N) is 1. The molecule has 2 aromatic rings. The summed E-state index contributed by atoms with van der Waals surface area (Å²) in [5.41, 5.74) is 2.94. The number of aryl methyl sites for hydroxylation is 1. The second kappa shape index (κ2) is 5.29. The van der Waals surface area contributed by atoms with Gasteiger partial charge in [0, 0.05) is 14.7 Å². The van der Waals surface area contributed by atoms with Crippen LogP contribution in [-0.4, -0.2) is 12.1 Å². The zero-order valence-electron chi connectivity index (χ0n) is 8.94. The summed E-state index contributed by atoms with van der Waals surface area (Å²) in [5, 5.41) is 5.82. The topological polar surface area (TPSA) is 54.6 Å². The highest BCUT2D eigenvalue weighted by Crippen LogP contribution is 2.17. The summed E-state index contributed by atoms with van der Waals surface area (Å²) in [7, 11) is 0. The van der Waals surface area contributed by atoms with Crippen molar-refractivity contribution in [2.45, 2.75) is 6.92 Å². The van der Waals surface area contributed by atoms with Gasteiger partial charge in [-0.15, -0.1) is 11.3 Å². The predicted molar refractivity (Wildman–Crippen MR) is 70.5 cm³/mol. The first-order chi connectivity index (χ1) is 8.16. The molecule has 2 aromatic heterocycles. The van der Waals surface area contributed by atoms with Crippen molar-refractivity contribution in [3.63, 3.8) is 0 Å². The molecular weight excluding hydrogens is 304 g/mol. The van der Waals surface area contributed by atoms with Crippen LogP contribution >= 0.6 is 27.3 Å². The number of thiophene rings is 1. The Bertz CT molecular complexity index is 559. The number of halogens is 1. The molecule has 0 atom stereocenters. The standard InChI is InChI=1S/C11H9BrN2O2S/c1-7-10(2-3-16-7)11(15)14-13-5-9-4-8(12)6-17-9/h2-6H,1H3,(H,14,15). The molecular formula is C11H9BrN2O2S. The van der Waals surface area contributed by atoms with Crippen LogP contribution in [0.15, 0.2) is 37.8 Å². The Kier molecular flexibility index (Phi) is 3.75. The van der Waals surface area contributed by atoms with Gasteiger partial charge in [0.15, 0.2) is 0 Å². The largest absolute Gasteiger partial charge is 0.469 e. The van der Waals surface area contributed by atoms with E-state index in [1.165, 1.54) is 17.6 Å². The number of hydrazone groups is 1. The summed E-state index contributed by atoms with van der Waals surface area (Å²) < 4.78 is 6.04. The summed E-state index contributed by atoms with van der Waals surface area (Å²) >= 11 is 4.88. The average Bonchev–Trinajstić information content (AvgIpc) is 2.87. The number of amides is 1. The van der Waals surface area contributed by atoms with E-state index in [4.69, 9.17) is 4.42 Å². The van der Waals surface area contributed by atoms with Gasteiger partial charge in [-0.2, -0.15) is 5.10 Å². The summed E-state index contributed by atoms with van der Waals surface area (Å²) in [4.78, 5) is 12.6. The molecule has 6 heteroatoms. The van der Waals surface area contributed by atoms with Gasteiger partial charge < -0.3 is 4.42 Å². The number of furan rings is 1. The molecule has 2 rings (SSSR count). The van der Waals surface area contributed by atoms with E-state index in [0.717, 1.165) is 9.35 Å². The van der Waals surface area contributed by atoms with Crippen LogP contribution in [0.3, 0.4) is 0 Å².